The van der Waals surface area contributed by atoms with Crippen LogP contribution in [0.4, 0.5) is 8.78 Å². The number of hydrogen-bond donors (Lipinski definition) is 0. The van der Waals surface area contributed by atoms with Gasteiger partial charge in [-0.1, -0.05) is 73.7 Å². The van der Waals surface area contributed by atoms with E-state index in [0.29, 0.717) is 37.0 Å². The van der Waals surface area contributed by atoms with Crippen molar-refractivity contribution in [1.82, 2.24) is 0 Å². The Morgan fingerprint density at radius 1 is 0.635 bits per heavy atom. The molecule has 8 rings (SSSR count). The van der Waals surface area contributed by atoms with Crippen molar-refractivity contribution in [2.24, 2.45) is 0 Å². The minimum atomic E-state index is -0.662. The molecular formula is C54H48F2O7. The summed E-state index contributed by atoms with van der Waals surface area (Å²) in [6, 6.07) is 33.3. The fourth-order valence-corrected chi connectivity index (χ4v) is 8.91. The van der Waals surface area contributed by atoms with Crippen molar-refractivity contribution in [3.05, 3.63) is 189 Å². The number of rotatable bonds is 16. The first kappa shape index (κ1) is 42.7. The molecule has 320 valence electrons. The summed E-state index contributed by atoms with van der Waals surface area (Å²) in [4.78, 5) is 26.5. The fraction of sp³-hybridized carbons (Fsp3) is 0.222. The molecule has 6 aromatic carbocycles. The van der Waals surface area contributed by atoms with Crippen molar-refractivity contribution < 1.29 is 42.1 Å². The van der Waals surface area contributed by atoms with Crippen molar-refractivity contribution >= 4 is 23.1 Å². The number of carbonyl (C=O) groups is 2. The average Bonchev–Trinajstić information content (AvgIpc) is 3.91. The molecule has 0 N–H and O–H groups in total. The quantitative estimate of drug-likeness (QED) is 0.0709. The van der Waals surface area contributed by atoms with Gasteiger partial charge in [-0.3, -0.25) is 0 Å². The summed E-state index contributed by atoms with van der Waals surface area (Å²) in [5.41, 5.74) is 13.7. The highest BCUT2D eigenvalue weighted by molar-refractivity contribution is 5.94. The van der Waals surface area contributed by atoms with Crippen LogP contribution in [0, 0.1) is 11.6 Å². The van der Waals surface area contributed by atoms with E-state index in [1.807, 2.05) is 61.5 Å². The van der Waals surface area contributed by atoms with Crippen molar-refractivity contribution in [2.45, 2.75) is 51.9 Å². The Morgan fingerprint density at radius 3 is 1.90 bits per heavy atom. The fourth-order valence-electron chi connectivity index (χ4n) is 8.91. The normalized spacial score (nSPS) is 12.5. The van der Waals surface area contributed by atoms with Crippen LogP contribution >= 0.6 is 0 Å². The topological polar surface area (TPSA) is 80.3 Å². The number of esters is 2. The lowest BCUT2D eigenvalue weighted by Crippen LogP contribution is -2.20. The minimum absolute atomic E-state index is 0.151. The molecule has 0 spiro atoms. The van der Waals surface area contributed by atoms with E-state index < -0.39 is 23.6 Å². The number of fused-ring (bicyclic) bond motifs is 2. The number of carbonyl (C=O) groups excluding carboxylic acids is 2. The number of hydrogen-bond acceptors (Lipinski definition) is 7. The summed E-state index contributed by atoms with van der Waals surface area (Å²) in [7, 11) is 4.59. The van der Waals surface area contributed by atoms with Gasteiger partial charge in [0.05, 0.1) is 21.3 Å². The Labute approximate surface area is 366 Å². The minimum Gasteiger partial charge on any atom is -0.497 e. The summed E-state index contributed by atoms with van der Waals surface area (Å²) in [5, 5.41) is 0. The number of methoxy groups -OCH3 is 3. The first-order valence-electron chi connectivity index (χ1n) is 21.1. The molecule has 0 saturated carbocycles. The van der Waals surface area contributed by atoms with Gasteiger partial charge in [0.15, 0.2) is 6.61 Å². The highest BCUT2D eigenvalue weighted by atomic mass is 19.1. The summed E-state index contributed by atoms with van der Waals surface area (Å²) >= 11 is 0. The van der Waals surface area contributed by atoms with Gasteiger partial charge in [0.2, 0.25) is 0 Å². The highest BCUT2D eigenvalue weighted by Crippen LogP contribution is 2.40. The van der Waals surface area contributed by atoms with E-state index in [1.165, 1.54) is 35.9 Å². The van der Waals surface area contributed by atoms with Crippen molar-refractivity contribution in [1.29, 1.82) is 0 Å². The number of halogens is 2. The van der Waals surface area contributed by atoms with Gasteiger partial charge in [0, 0.05) is 12.1 Å². The SMILES string of the molecule is CCc1c(CCc2cccc3c2C(Cc2cc(F)cc(F)c2)=CC3)ccc(C(=O)OC)c1OC(=O)COc1ccc(-c2cccc3c2C(Cc2cc(OC)cc(OC)c2)=CC3)cc1. The Kier molecular flexibility index (Phi) is 12.8. The van der Waals surface area contributed by atoms with Crippen LogP contribution in [0.15, 0.2) is 121 Å². The molecule has 7 nitrogen and oxygen atoms in total. The number of benzene rings is 6. The largest absolute Gasteiger partial charge is 0.497 e. The van der Waals surface area contributed by atoms with E-state index in [-0.39, 0.29) is 17.9 Å². The first-order valence-corrected chi connectivity index (χ1v) is 21.1. The van der Waals surface area contributed by atoms with Crippen molar-refractivity contribution in [3.8, 4) is 34.1 Å². The van der Waals surface area contributed by atoms with E-state index in [4.69, 9.17) is 23.7 Å². The molecule has 0 unspecified atom stereocenters. The molecule has 0 heterocycles. The van der Waals surface area contributed by atoms with E-state index in [9.17, 15) is 18.4 Å². The van der Waals surface area contributed by atoms with E-state index >= 15 is 0 Å². The third-order valence-electron chi connectivity index (χ3n) is 11.8. The zero-order valence-electron chi connectivity index (χ0n) is 35.8. The molecule has 2 aliphatic carbocycles. The molecule has 0 bridgehead atoms. The van der Waals surface area contributed by atoms with Gasteiger partial charge in [0.25, 0.3) is 0 Å². The molecular weight excluding hydrogens is 799 g/mol. The van der Waals surface area contributed by atoms with Gasteiger partial charge in [-0.2, -0.15) is 0 Å². The second-order valence-corrected chi connectivity index (χ2v) is 15.7. The van der Waals surface area contributed by atoms with Gasteiger partial charge >= 0.3 is 11.9 Å². The molecule has 0 saturated heterocycles. The molecule has 6 aromatic rings. The number of allylic oxidation sites excluding steroid dienone is 4. The van der Waals surface area contributed by atoms with Crippen LogP contribution in [0.2, 0.25) is 0 Å². The molecule has 0 aliphatic heterocycles. The first-order chi connectivity index (χ1) is 30.6. The van der Waals surface area contributed by atoms with E-state index in [2.05, 4.69) is 42.5 Å². The van der Waals surface area contributed by atoms with Crippen LogP contribution in [0.3, 0.4) is 0 Å². The molecule has 0 atom stereocenters. The predicted octanol–water partition coefficient (Wildman–Crippen LogP) is 11.1. The lowest BCUT2D eigenvalue weighted by molar-refractivity contribution is -0.136. The second kappa shape index (κ2) is 18.9. The maximum atomic E-state index is 14.0. The van der Waals surface area contributed by atoms with Gasteiger partial charge in [-0.05, 0) is 160 Å². The Morgan fingerprint density at radius 2 is 1.25 bits per heavy atom. The molecule has 0 fully saturated rings. The van der Waals surface area contributed by atoms with Crippen molar-refractivity contribution in [2.75, 3.05) is 27.9 Å². The summed E-state index contributed by atoms with van der Waals surface area (Å²) in [6.07, 6.45) is 8.85. The van der Waals surface area contributed by atoms with Crippen molar-refractivity contribution in [3.63, 3.8) is 0 Å². The van der Waals surface area contributed by atoms with Crippen LogP contribution in [0.1, 0.15) is 67.4 Å². The second-order valence-electron chi connectivity index (χ2n) is 15.7. The maximum absolute atomic E-state index is 14.0. The van der Waals surface area contributed by atoms with Crippen LogP contribution in [-0.2, 0) is 54.5 Å². The maximum Gasteiger partial charge on any atom is 0.349 e. The molecule has 0 radical (unpaired) electrons. The molecule has 2 aliphatic rings. The Bertz CT molecular complexity index is 2720. The average molecular weight is 847 g/mol. The van der Waals surface area contributed by atoms with Crippen LogP contribution in [0.5, 0.6) is 23.0 Å². The molecule has 0 aromatic heterocycles. The van der Waals surface area contributed by atoms with Gasteiger partial charge in [0.1, 0.15) is 40.2 Å². The van der Waals surface area contributed by atoms with E-state index in [1.54, 1.807) is 20.3 Å². The van der Waals surface area contributed by atoms with E-state index in [0.717, 1.165) is 86.9 Å². The van der Waals surface area contributed by atoms with Crippen LogP contribution in [-0.4, -0.2) is 39.9 Å². The number of ether oxygens (including phenoxy) is 5. The standard InChI is InChI=1S/C54H48F2O7/c1-5-47-35(12-13-37-8-6-9-38-14-16-40(51(37)38)24-33-26-42(55)30-43(56)27-33)20-23-49(54(58)61-4)53(47)63-50(57)32-62-44-21-18-36(19-22-44)48-11-7-10-39-15-17-41(52(39)48)25-34-28-45(59-2)31-46(29-34)60-3/h6-11,16-23,26-31H,5,12-15,24-25,32H2,1-4H3. The molecule has 0 amide bonds. The Hall–Kier alpha value is -7.00. The number of aryl methyl sites for hydroxylation is 2. The third kappa shape index (κ3) is 9.43. The zero-order chi connectivity index (χ0) is 44.0. The van der Waals surface area contributed by atoms with Crippen LogP contribution < -0.4 is 18.9 Å². The summed E-state index contributed by atoms with van der Waals surface area (Å²) in [6.45, 7) is 1.57. The van der Waals surface area contributed by atoms with Crippen LogP contribution in [0.25, 0.3) is 22.3 Å². The monoisotopic (exact) mass is 846 g/mol. The van der Waals surface area contributed by atoms with Gasteiger partial charge in [-0.15, -0.1) is 0 Å². The third-order valence-corrected chi connectivity index (χ3v) is 11.8. The molecule has 63 heavy (non-hydrogen) atoms. The zero-order valence-corrected chi connectivity index (χ0v) is 35.8. The Balaban J connectivity index is 0.956. The smallest absolute Gasteiger partial charge is 0.349 e. The lowest BCUT2D eigenvalue weighted by atomic mass is 9.90. The summed E-state index contributed by atoms with van der Waals surface area (Å²) < 4.78 is 56.1. The van der Waals surface area contributed by atoms with Gasteiger partial charge in [-0.25, -0.2) is 18.4 Å². The lowest BCUT2D eigenvalue weighted by Gasteiger charge is -2.18. The van der Waals surface area contributed by atoms with Gasteiger partial charge < -0.3 is 23.7 Å². The highest BCUT2D eigenvalue weighted by Gasteiger charge is 2.25. The molecule has 9 heteroatoms. The predicted molar refractivity (Wildman–Crippen MR) is 241 cm³/mol. The summed E-state index contributed by atoms with van der Waals surface area (Å²) in [5.74, 6) is -0.332.